The smallest absolute Gasteiger partial charge is 0.294 e. The molecule has 2 N–H and O–H groups in total. The van der Waals surface area contributed by atoms with Crippen molar-refractivity contribution in [1.29, 1.82) is 0 Å². The minimum Gasteiger partial charge on any atom is -0.396 e. The quantitative estimate of drug-likeness (QED) is 0.824. The largest absolute Gasteiger partial charge is 0.396 e. The van der Waals surface area contributed by atoms with E-state index < -0.39 is 15.9 Å². The molecule has 2 rings (SSSR count). The lowest BCUT2D eigenvalue weighted by atomic mass is 10.1. The summed E-state index contributed by atoms with van der Waals surface area (Å²) in [6, 6.07) is 5.99. The molecule has 1 atom stereocenters. The second-order valence-electron chi connectivity index (χ2n) is 6.00. The number of aryl methyl sites for hydroxylation is 1. The lowest BCUT2D eigenvalue weighted by molar-refractivity contribution is -0.159. The van der Waals surface area contributed by atoms with Crippen molar-refractivity contribution in [2.75, 3.05) is 13.2 Å². The molecule has 1 aromatic carbocycles. The van der Waals surface area contributed by atoms with E-state index >= 15 is 0 Å². The van der Waals surface area contributed by atoms with Gasteiger partial charge in [0.25, 0.3) is 10.1 Å². The summed E-state index contributed by atoms with van der Waals surface area (Å²) in [4.78, 5) is -0.0666. The number of hydrogen-bond acceptors (Lipinski definition) is 5. The van der Waals surface area contributed by atoms with Crippen LogP contribution in [0, 0.1) is 6.92 Å². The van der Waals surface area contributed by atoms with Crippen LogP contribution in [0.4, 0.5) is 0 Å². The van der Waals surface area contributed by atoms with Crippen LogP contribution >= 0.6 is 0 Å². The predicted molar refractivity (Wildman–Crippen MR) is 82.2 cm³/mol. The van der Waals surface area contributed by atoms with Gasteiger partial charge in [0.05, 0.1) is 17.1 Å². The Morgan fingerprint density at radius 1 is 1.18 bits per heavy atom. The van der Waals surface area contributed by atoms with Crippen LogP contribution in [-0.4, -0.2) is 42.7 Å². The van der Waals surface area contributed by atoms with Crippen molar-refractivity contribution in [3.8, 4) is 0 Å². The van der Waals surface area contributed by atoms with E-state index in [2.05, 4.69) is 0 Å². The lowest BCUT2D eigenvalue weighted by Gasteiger charge is -2.23. The molecule has 0 bridgehead atoms. The molecule has 0 spiro atoms. The van der Waals surface area contributed by atoms with Crippen molar-refractivity contribution in [3.63, 3.8) is 0 Å². The van der Waals surface area contributed by atoms with Crippen LogP contribution in [0.2, 0.25) is 0 Å². The summed E-state index contributed by atoms with van der Waals surface area (Å²) in [5, 5.41) is 8.73. The van der Waals surface area contributed by atoms with Gasteiger partial charge in [0.2, 0.25) is 0 Å². The second kappa shape index (κ2) is 7.06. The standard InChI is InChI=1S/C8H16O3.C7H8O3S/c1-7(2)10-6-8(3,11-7)4-5-9;1-6-2-4-7(5-3-6)11(8,9)10/h9H,4-6H2,1-3H3;2-5H,1H3,(H,8,9,10). The van der Waals surface area contributed by atoms with E-state index in [1.54, 1.807) is 12.1 Å². The third-order valence-corrected chi connectivity index (χ3v) is 4.04. The van der Waals surface area contributed by atoms with Crippen molar-refractivity contribution in [3.05, 3.63) is 29.8 Å². The Morgan fingerprint density at radius 3 is 2.09 bits per heavy atom. The van der Waals surface area contributed by atoms with Gasteiger partial charge in [-0.15, -0.1) is 0 Å². The van der Waals surface area contributed by atoms with E-state index in [4.69, 9.17) is 19.1 Å². The van der Waals surface area contributed by atoms with Crippen LogP contribution in [0.3, 0.4) is 0 Å². The fraction of sp³-hybridized carbons (Fsp3) is 0.600. The number of rotatable bonds is 3. The summed E-state index contributed by atoms with van der Waals surface area (Å²) in [5.74, 6) is -0.482. The summed E-state index contributed by atoms with van der Waals surface area (Å²) in [7, 11) is -4.02. The Kier molecular flexibility index (Phi) is 6.11. The van der Waals surface area contributed by atoms with Crippen LogP contribution in [0.25, 0.3) is 0 Å². The molecular weight excluding hydrogens is 308 g/mol. The number of ether oxygens (including phenoxy) is 2. The Morgan fingerprint density at radius 2 is 1.73 bits per heavy atom. The van der Waals surface area contributed by atoms with Gasteiger partial charge < -0.3 is 14.6 Å². The minimum absolute atomic E-state index is 0.0666. The van der Waals surface area contributed by atoms with E-state index in [-0.39, 0.29) is 17.1 Å². The average Bonchev–Trinajstić information content (AvgIpc) is 2.64. The summed E-state index contributed by atoms with van der Waals surface area (Å²) in [5.41, 5.74) is 0.663. The summed E-state index contributed by atoms with van der Waals surface area (Å²) in [6.45, 7) is 8.29. The summed E-state index contributed by atoms with van der Waals surface area (Å²) >= 11 is 0. The highest BCUT2D eigenvalue weighted by Gasteiger charge is 2.41. The molecular formula is C15H24O6S. The first-order chi connectivity index (χ1) is 9.97. The van der Waals surface area contributed by atoms with Gasteiger partial charge in [0.15, 0.2) is 5.79 Å². The molecule has 1 fully saturated rings. The fourth-order valence-corrected chi connectivity index (χ4v) is 2.53. The molecule has 1 aliphatic rings. The molecule has 6 nitrogen and oxygen atoms in total. The minimum atomic E-state index is -4.02. The molecule has 0 aliphatic carbocycles. The first-order valence-electron chi connectivity index (χ1n) is 6.97. The normalized spacial score (nSPS) is 23.7. The van der Waals surface area contributed by atoms with Crippen molar-refractivity contribution in [2.45, 2.75) is 50.4 Å². The second-order valence-corrected chi connectivity index (χ2v) is 7.42. The van der Waals surface area contributed by atoms with Gasteiger partial charge in [-0.3, -0.25) is 4.55 Å². The zero-order chi connectivity index (χ0) is 17.0. The number of hydrogen-bond donors (Lipinski definition) is 2. The average molecular weight is 332 g/mol. The first-order valence-corrected chi connectivity index (χ1v) is 8.41. The highest BCUT2D eigenvalue weighted by molar-refractivity contribution is 7.85. The fourth-order valence-electron chi connectivity index (χ4n) is 2.05. The molecule has 1 unspecified atom stereocenters. The molecule has 0 amide bonds. The summed E-state index contributed by atoms with van der Waals surface area (Å²) in [6.07, 6.45) is 0.635. The van der Waals surface area contributed by atoms with Gasteiger partial charge in [-0.25, -0.2) is 0 Å². The zero-order valence-electron chi connectivity index (χ0n) is 13.4. The molecule has 0 saturated carbocycles. The van der Waals surface area contributed by atoms with E-state index in [1.807, 2.05) is 27.7 Å². The summed E-state index contributed by atoms with van der Waals surface area (Å²) < 4.78 is 40.5. The van der Waals surface area contributed by atoms with E-state index in [1.165, 1.54) is 12.1 Å². The van der Waals surface area contributed by atoms with E-state index in [0.717, 1.165) is 5.56 Å². The Labute approximate surface area is 131 Å². The van der Waals surface area contributed by atoms with Crippen LogP contribution in [0.15, 0.2) is 29.2 Å². The van der Waals surface area contributed by atoms with Crippen molar-refractivity contribution in [1.82, 2.24) is 0 Å². The number of aliphatic hydroxyl groups excluding tert-OH is 1. The Balaban J connectivity index is 0.000000220. The number of benzene rings is 1. The molecule has 0 radical (unpaired) electrons. The van der Waals surface area contributed by atoms with Crippen LogP contribution in [0.1, 0.15) is 32.8 Å². The maximum atomic E-state index is 10.5. The third-order valence-electron chi connectivity index (χ3n) is 3.18. The Hall–Kier alpha value is -0.990. The van der Waals surface area contributed by atoms with Gasteiger partial charge in [0.1, 0.15) is 0 Å². The maximum absolute atomic E-state index is 10.5. The monoisotopic (exact) mass is 332 g/mol. The maximum Gasteiger partial charge on any atom is 0.294 e. The topological polar surface area (TPSA) is 93.1 Å². The lowest BCUT2D eigenvalue weighted by Crippen LogP contribution is -2.31. The van der Waals surface area contributed by atoms with Gasteiger partial charge >= 0.3 is 0 Å². The van der Waals surface area contributed by atoms with Gasteiger partial charge in [-0.1, -0.05) is 17.7 Å². The molecule has 1 heterocycles. The first kappa shape index (κ1) is 19.1. The van der Waals surface area contributed by atoms with Crippen LogP contribution in [-0.2, 0) is 19.6 Å². The van der Waals surface area contributed by atoms with E-state index in [9.17, 15) is 8.42 Å². The molecule has 1 aromatic rings. The van der Waals surface area contributed by atoms with Crippen molar-refractivity contribution in [2.24, 2.45) is 0 Å². The molecule has 0 aromatic heterocycles. The molecule has 126 valence electrons. The molecule has 1 aliphatic heterocycles. The molecule has 1 saturated heterocycles. The highest BCUT2D eigenvalue weighted by Crippen LogP contribution is 2.32. The Bertz CT molecular complexity index is 579. The van der Waals surface area contributed by atoms with Crippen molar-refractivity contribution >= 4 is 10.1 Å². The van der Waals surface area contributed by atoms with Crippen molar-refractivity contribution < 1.29 is 27.6 Å². The molecule has 22 heavy (non-hydrogen) atoms. The zero-order valence-corrected chi connectivity index (χ0v) is 14.2. The predicted octanol–water partition coefficient (Wildman–Crippen LogP) is 2.15. The highest BCUT2D eigenvalue weighted by atomic mass is 32.2. The van der Waals surface area contributed by atoms with E-state index in [0.29, 0.717) is 13.0 Å². The van der Waals surface area contributed by atoms with Crippen LogP contribution in [0.5, 0.6) is 0 Å². The third kappa shape index (κ3) is 6.02. The SMILES string of the molecule is CC1(CCO)COC(C)(C)O1.Cc1ccc(S(=O)(=O)O)cc1. The number of aliphatic hydroxyl groups is 1. The molecule has 7 heteroatoms. The van der Waals surface area contributed by atoms with Gasteiger partial charge in [-0.2, -0.15) is 8.42 Å². The van der Waals surface area contributed by atoms with Crippen LogP contribution < -0.4 is 0 Å². The van der Waals surface area contributed by atoms with Gasteiger partial charge in [0, 0.05) is 13.0 Å². The van der Waals surface area contributed by atoms with Gasteiger partial charge in [-0.05, 0) is 39.8 Å².